The van der Waals surface area contributed by atoms with Crippen LogP contribution in [0.5, 0.6) is 5.75 Å². The molecule has 0 aliphatic rings. The molecule has 1 aromatic heterocycles. The van der Waals surface area contributed by atoms with Crippen molar-refractivity contribution in [1.82, 2.24) is 9.97 Å². The standard InChI is InChI=1S/C12H11BrF2N4O/c1-16-11-10(20-2)12(18-5-17-11)19-9-3-6(13)7(14)4-8(9)15/h3-5H,1-2H3,(H2,16,17,18,19). The van der Waals surface area contributed by atoms with Gasteiger partial charge in [-0.15, -0.1) is 0 Å². The van der Waals surface area contributed by atoms with Gasteiger partial charge in [0.05, 0.1) is 17.3 Å². The summed E-state index contributed by atoms with van der Waals surface area (Å²) >= 11 is 3.00. The van der Waals surface area contributed by atoms with E-state index in [1.54, 1.807) is 7.05 Å². The van der Waals surface area contributed by atoms with Crippen molar-refractivity contribution in [2.45, 2.75) is 0 Å². The summed E-state index contributed by atoms with van der Waals surface area (Å²) in [6.07, 6.45) is 1.30. The van der Waals surface area contributed by atoms with Crippen molar-refractivity contribution in [1.29, 1.82) is 0 Å². The van der Waals surface area contributed by atoms with Crippen LogP contribution >= 0.6 is 15.9 Å². The van der Waals surface area contributed by atoms with Gasteiger partial charge in [-0.05, 0) is 22.0 Å². The number of ether oxygens (including phenoxy) is 1. The van der Waals surface area contributed by atoms with Crippen molar-refractivity contribution in [2.24, 2.45) is 0 Å². The van der Waals surface area contributed by atoms with Gasteiger partial charge >= 0.3 is 0 Å². The van der Waals surface area contributed by atoms with E-state index in [1.807, 2.05) is 0 Å². The van der Waals surface area contributed by atoms with E-state index in [1.165, 1.54) is 19.5 Å². The number of hydrogen-bond donors (Lipinski definition) is 2. The van der Waals surface area contributed by atoms with Gasteiger partial charge in [0.25, 0.3) is 0 Å². The molecule has 0 aliphatic carbocycles. The molecule has 0 fully saturated rings. The van der Waals surface area contributed by atoms with Crippen LogP contribution < -0.4 is 15.4 Å². The van der Waals surface area contributed by atoms with Gasteiger partial charge in [-0.1, -0.05) is 0 Å². The van der Waals surface area contributed by atoms with Crippen LogP contribution in [-0.4, -0.2) is 24.1 Å². The number of nitrogens with one attached hydrogen (secondary N) is 2. The van der Waals surface area contributed by atoms with Crippen LogP contribution in [0.1, 0.15) is 0 Å². The fourth-order valence-electron chi connectivity index (χ4n) is 1.58. The lowest BCUT2D eigenvalue weighted by molar-refractivity contribution is 0.415. The number of anilines is 3. The zero-order valence-electron chi connectivity index (χ0n) is 10.7. The van der Waals surface area contributed by atoms with Gasteiger partial charge in [-0.2, -0.15) is 0 Å². The predicted octanol–water partition coefficient (Wildman–Crippen LogP) is 3.31. The first-order valence-corrected chi connectivity index (χ1v) is 6.34. The summed E-state index contributed by atoms with van der Waals surface area (Å²) in [6.45, 7) is 0. The number of methoxy groups -OCH3 is 1. The second-order valence-corrected chi connectivity index (χ2v) is 4.58. The lowest BCUT2D eigenvalue weighted by Gasteiger charge is -2.13. The Morgan fingerprint density at radius 2 is 1.85 bits per heavy atom. The van der Waals surface area contributed by atoms with E-state index in [2.05, 4.69) is 36.5 Å². The van der Waals surface area contributed by atoms with Crippen molar-refractivity contribution in [3.05, 3.63) is 34.6 Å². The Morgan fingerprint density at radius 1 is 1.15 bits per heavy atom. The number of rotatable bonds is 4. The quantitative estimate of drug-likeness (QED) is 0.833. The Morgan fingerprint density at radius 3 is 2.50 bits per heavy atom. The largest absolute Gasteiger partial charge is 0.490 e. The molecule has 0 unspecified atom stereocenters. The minimum Gasteiger partial charge on any atom is -0.490 e. The molecule has 20 heavy (non-hydrogen) atoms. The molecule has 1 heterocycles. The Kier molecular flexibility index (Phi) is 4.33. The van der Waals surface area contributed by atoms with Crippen LogP contribution in [0.15, 0.2) is 22.9 Å². The molecule has 0 amide bonds. The lowest BCUT2D eigenvalue weighted by Crippen LogP contribution is -2.04. The molecular formula is C12H11BrF2N4O. The zero-order chi connectivity index (χ0) is 14.7. The fraction of sp³-hybridized carbons (Fsp3) is 0.167. The number of hydrogen-bond acceptors (Lipinski definition) is 5. The molecule has 0 saturated carbocycles. The fourth-order valence-corrected chi connectivity index (χ4v) is 1.92. The first-order valence-electron chi connectivity index (χ1n) is 5.55. The van der Waals surface area contributed by atoms with Gasteiger partial charge in [-0.25, -0.2) is 18.7 Å². The molecule has 0 spiro atoms. The summed E-state index contributed by atoms with van der Waals surface area (Å²) in [6, 6.07) is 2.06. The highest BCUT2D eigenvalue weighted by atomic mass is 79.9. The van der Waals surface area contributed by atoms with E-state index in [9.17, 15) is 8.78 Å². The van der Waals surface area contributed by atoms with Crippen LogP contribution in [0.4, 0.5) is 26.1 Å². The van der Waals surface area contributed by atoms with Crippen molar-refractivity contribution < 1.29 is 13.5 Å². The molecule has 2 aromatic rings. The first kappa shape index (κ1) is 14.4. The van der Waals surface area contributed by atoms with E-state index in [4.69, 9.17) is 4.74 Å². The predicted molar refractivity (Wildman–Crippen MR) is 75.5 cm³/mol. The molecular weight excluding hydrogens is 334 g/mol. The summed E-state index contributed by atoms with van der Waals surface area (Å²) in [5.74, 6) is -0.373. The van der Waals surface area contributed by atoms with Crippen molar-refractivity contribution >= 4 is 33.3 Å². The number of halogens is 3. The number of benzene rings is 1. The Balaban J connectivity index is 2.42. The van der Waals surface area contributed by atoms with Gasteiger partial charge in [0, 0.05) is 13.1 Å². The number of aromatic nitrogens is 2. The maximum absolute atomic E-state index is 13.7. The van der Waals surface area contributed by atoms with Crippen LogP contribution in [0.3, 0.4) is 0 Å². The molecule has 0 saturated heterocycles. The van der Waals surface area contributed by atoms with Gasteiger partial charge in [0.15, 0.2) is 11.6 Å². The average Bonchev–Trinajstić information content (AvgIpc) is 2.44. The Bertz CT molecular complexity index is 639. The third-order valence-electron chi connectivity index (χ3n) is 2.51. The first-order chi connectivity index (χ1) is 9.56. The summed E-state index contributed by atoms with van der Waals surface area (Å²) in [5, 5.41) is 5.58. The third kappa shape index (κ3) is 2.79. The summed E-state index contributed by atoms with van der Waals surface area (Å²) in [7, 11) is 3.12. The van der Waals surface area contributed by atoms with E-state index >= 15 is 0 Å². The molecule has 1 aromatic carbocycles. The third-order valence-corrected chi connectivity index (χ3v) is 3.12. The van der Waals surface area contributed by atoms with Crippen LogP contribution in [0.2, 0.25) is 0 Å². The highest BCUT2D eigenvalue weighted by Crippen LogP contribution is 2.33. The maximum Gasteiger partial charge on any atom is 0.204 e. The van der Waals surface area contributed by atoms with Crippen LogP contribution in [0.25, 0.3) is 0 Å². The second-order valence-electron chi connectivity index (χ2n) is 3.73. The highest BCUT2D eigenvalue weighted by molar-refractivity contribution is 9.10. The summed E-state index contributed by atoms with van der Waals surface area (Å²) in [5.41, 5.74) is 0.0670. The van der Waals surface area contributed by atoms with Crippen molar-refractivity contribution in [3.8, 4) is 5.75 Å². The Hall–Kier alpha value is -1.96. The van der Waals surface area contributed by atoms with E-state index in [0.29, 0.717) is 11.6 Å². The minimum absolute atomic E-state index is 0.0670. The van der Waals surface area contributed by atoms with Crippen molar-refractivity contribution in [2.75, 3.05) is 24.8 Å². The smallest absolute Gasteiger partial charge is 0.204 e. The highest BCUT2D eigenvalue weighted by Gasteiger charge is 2.14. The molecule has 2 N–H and O–H groups in total. The molecule has 2 rings (SSSR count). The van der Waals surface area contributed by atoms with Gasteiger partial charge in [0.1, 0.15) is 18.0 Å². The summed E-state index contributed by atoms with van der Waals surface area (Å²) < 4.78 is 32.2. The van der Waals surface area contributed by atoms with Crippen LogP contribution in [-0.2, 0) is 0 Å². The molecule has 5 nitrogen and oxygen atoms in total. The molecule has 8 heteroatoms. The number of nitrogens with zero attached hydrogens (tertiary/aromatic N) is 2. The summed E-state index contributed by atoms with van der Waals surface area (Å²) in [4.78, 5) is 7.96. The zero-order valence-corrected chi connectivity index (χ0v) is 12.3. The monoisotopic (exact) mass is 344 g/mol. The van der Waals surface area contributed by atoms with Crippen LogP contribution in [0, 0.1) is 11.6 Å². The topological polar surface area (TPSA) is 59.1 Å². The van der Waals surface area contributed by atoms with Gasteiger partial charge in [0.2, 0.25) is 5.75 Å². The molecule has 106 valence electrons. The SMILES string of the molecule is CNc1ncnc(Nc2cc(Br)c(F)cc2F)c1OC. The second kappa shape index (κ2) is 6.00. The van der Waals surface area contributed by atoms with Gasteiger partial charge in [-0.3, -0.25) is 0 Å². The van der Waals surface area contributed by atoms with E-state index in [-0.39, 0.29) is 16.0 Å². The van der Waals surface area contributed by atoms with E-state index < -0.39 is 11.6 Å². The minimum atomic E-state index is -0.739. The van der Waals surface area contributed by atoms with E-state index in [0.717, 1.165) is 6.07 Å². The Labute approximate surface area is 122 Å². The maximum atomic E-state index is 13.7. The lowest BCUT2D eigenvalue weighted by atomic mass is 10.3. The van der Waals surface area contributed by atoms with Gasteiger partial charge < -0.3 is 15.4 Å². The van der Waals surface area contributed by atoms with Crippen molar-refractivity contribution in [3.63, 3.8) is 0 Å². The molecule has 0 aliphatic heterocycles. The average molecular weight is 345 g/mol. The molecule has 0 atom stereocenters. The molecule has 0 radical (unpaired) electrons. The molecule has 0 bridgehead atoms. The normalized spacial score (nSPS) is 10.2.